The number of carboxylic acids is 1. The molecule has 3 N–H and O–H groups in total. The summed E-state index contributed by atoms with van der Waals surface area (Å²) in [4.78, 5) is 25.7. The van der Waals surface area contributed by atoms with Crippen LogP contribution in [-0.2, 0) is 4.79 Å². The summed E-state index contributed by atoms with van der Waals surface area (Å²) >= 11 is 0. The van der Waals surface area contributed by atoms with E-state index in [1.807, 2.05) is 13.8 Å². The Labute approximate surface area is 192 Å². The van der Waals surface area contributed by atoms with E-state index in [9.17, 15) is 24.2 Å². The van der Waals surface area contributed by atoms with Crippen molar-refractivity contribution < 1.29 is 29.3 Å². The molecule has 9 heteroatoms. The summed E-state index contributed by atoms with van der Waals surface area (Å²) in [6.07, 6.45) is 2.03. The van der Waals surface area contributed by atoms with Gasteiger partial charge in [-0.2, -0.15) is 5.10 Å². The van der Waals surface area contributed by atoms with E-state index in [2.05, 4.69) is 5.10 Å². The van der Waals surface area contributed by atoms with Crippen molar-refractivity contribution in [2.75, 3.05) is 7.05 Å². The maximum Gasteiger partial charge on any atom is 0.305 e. The largest absolute Gasteiger partial charge is 0.481 e. The fourth-order valence-electron chi connectivity index (χ4n) is 3.75. The van der Waals surface area contributed by atoms with Gasteiger partial charge in [-0.25, -0.2) is 9.07 Å². The Bertz CT molecular complexity index is 1030. The van der Waals surface area contributed by atoms with Gasteiger partial charge < -0.3 is 20.2 Å². The number of amides is 1. The molecule has 0 bridgehead atoms. The quantitative estimate of drug-likeness (QED) is 0.503. The van der Waals surface area contributed by atoms with Crippen molar-refractivity contribution in [3.8, 4) is 5.69 Å². The fraction of sp³-hybridized carbons (Fsp3) is 0.458. The van der Waals surface area contributed by atoms with Gasteiger partial charge in [-0.3, -0.25) is 9.59 Å². The molecule has 1 saturated carbocycles. The highest BCUT2D eigenvalue weighted by Gasteiger charge is 2.34. The second kappa shape index (κ2) is 10.3. The van der Waals surface area contributed by atoms with E-state index in [0.717, 1.165) is 12.8 Å². The van der Waals surface area contributed by atoms with Gasteiger partial charge in [-0.1, -0.05) is 19.9 Å². The highest BCUT2D eigenvalue weighted by atomic mass is 19.1. The molecule has 1 fully saturated rings. The molecule has 1 amide bonds. The summed E-state index contributed by atoms with van der Waals surface area (Å²) in [5, 5.41) is 33.5. The SMILES string of the molecule is CC(C)c1c(C(=O)N(C)C2CC2)nn(-c2ccc(F)cc2)c1C=C[C@H](O)C[C@@H](O)CC(=O)O. The molecule has 1 aromatic heterocycles. The highest BCUT2D eigenvalue weighted by molar-refractivity contribution is 5.95. The number of hydrogen-bond acceptors (Lipinski definition) is 5. The van der Waals surface area contributed by atoms with E-state index in [1.54, 1.807) is 34.8 Å². The Morgan fingerprint density at radius 2 is 1.88 bits per heavy atom. The lowest BCUT2D eigenvalue weighted by atomic mass is 9.98. The van der Waals surface area contributed by atoms with Crippen LogP contribution in [0.1, 0.15) is 67.2 Å². The monoisotopic (exact) mass is 459 g/mol. The zero-order chi connectivity index (χ0) is 24.3. The number of aliphatic hydroxyl groups is 2. The Hall–Kier alpha value is -3.04. The zero-order valence-corrected chi connectivity index (χ0v) is 19.0. The Morgan fingerprint density at radius 3 is 2.42 bits per heavy atom. The summed E-state index contributed by atoms with van der Waals surface area (Å²) < 4.78 is 15.0. The van der Waals surface area contributed by atoms with Crippen LogP contribution in [0.25, 0.3) is 11.8 Å². The van der Waals surface area contributed by atoms with Gasteiger partial charge in [0.05, 0.1) is 30.0 Å². The number of rotatable bonds is 10. The molecular weight excluding hydrogens is 429 g/mol. The first kappa shape index (κ1) is 24.6. The molecule has 1 heterocycles. The predicted octanol–water partition coefficient (Wildman–Crippen LogP) is 2.97. The Morgan fingerprint density at radius 1 is 1.24 bits per heavy atom. The van der Waals surface area contributed by atoms with E-state index in [0.29, 0.717) is 22.6 Å². The number of nitrogens with zero attached hydrogens (tertiary/aromatic N) is 3. The van der Waals surface area contributed by atoms with E-state index in [4.69, 9.17) is 5.11 Å². The smallest absolute Gasteiger partial charge is 0.305 e. The number of aliphatic carboxylic acids is 1. The molecule has 0 unspecified atom stereocenters. The van der Waals surface area contributed by atoms with Crippen LogP contribution >= 0.6 is 0 Å². The fourth-order valence-corrected chi connectivity index (χ4v) is 3.75. The van der Waals surface area contributed by atoms with Crippen LogP contribution in [0.5, 0.6) is 0 Å². The van der Waals surface area contributed by atoms with Gasteiger partial charge in [0, 0.05) is 25.1 Å². The van der Waals surface area contributed by atoms with Crippen LogP contribution in [0.3, 0.4) is 0 Å². The molecule has 178 valence electrons. The first-order valence-electron chi connectivity index (χ1n) is 11.0. The van der Waals surface area contributed by atoms with Gasteiger partial charge in [0.2, 0.25) is 0 Å². The first-order chi connectivity index (χ1) is 15.6. The predicted molar refractivity (Wildman–Crippen MR) is 121 cm³/mol. The molecule has 33 heavy (non-hydrogen) atoms. The standard InChI is InChI=1S/C24H30FN3O5/c1-14(2)22-20(11-10-18(29)12-19(30)13-21(31)32)28(17-6-4-15(25)5-7-17)26-23(22)24(33)27(3)16-8-9-16/h4-7,10-11,14,16,18-19,29-30H,8-9,12-13H2,1-3H3,(H,31,32)/t18-,19+/m0/s1. The summed E-state index contributed by atoms with van der Waals surface area (Å²) in [5.74, 6) is -1.84. The van der Waals surface area contributed by atoms with Crippen molar-refractivity contribution in [2.24, 2.45) is 0 Å². The van der Waals surface area contributed by atoms with Gasteiger partial charge in [-0.05, 0) is 49.1 Å². The molecule has 1 aromatic carbocycles. The molecule has 0 saturated heterocycles. The molecule has 3 rings (SSSR count). The lowest BCUT2D eigenvalue weighted by molar-refractivity contribution is -0.139. The molecule has 2 atom stereocenters. The lowest BCUT2D eigenvalue weighted by Gasteiger charge is -2.16. The van der Waals surface area contributed by atoms with Crippen LogP contribution < -0.4 is 0 Å². The molecule has 1 aliphatic carbocycles. The average Bonchev–Trinajstić information content (AvgIpc) is 3.51. The minimum Gasteiger partial charge on any atom is -0.481 e. The number of carbonyl (C=O) groups excluding carboxylic acids is 1. The van der Waals surface area contributed by atoms with Crippen molar-refractivity contribution in [1.82, 2.24) is 14.7 Å². The molecule has 0 radical (unpaired) electrons. The number of carbonyl (C=O) groups is 2. The summed E-state index contributed by atoms with van der Waals surface area (Å²) in [5.41, 5.74) is 2.08. The normalized spacial score (nSPS) is 15.7. The number of aliphatic hydroxyl groups excluding tert-OH is 2. The summed E-state index contributed by atoms with van der Waals surface area (Å²) in [6.45, 7) is 3.87. The molecule has 0 spiro atoms. The second-order valence-corrected chi connectivity index (χ2v) is 8.75. The zero-order valence-electron chi connectivity index (χ0n) is 19.0. The first-order valence-corrected chi connectivity index (χ1v) is 11.0. The van der Waals surface area contributed by atoms with E-state index >= 15 is 0 Å². The van der Waals surface area contributed by atoms with Crippen molar-refractivity contribution in [1.29, 1.82) is 0 Å². The van der Waals surface area contributed by atoms with E-state index < -0.39 is 30.4 Å². The van der Waals surface area contributed by atoms with Gasteiger partial charge in [0.25, 0.3) is 5.91 Å². The van der Waals surface area contributed by atoms with Crippen LogP contribution in [0.2, 0.25) is 0 Å². The maximum absolute atomic E-state index is 13.5. The lowest BCUT2D eigenvalue weighted by Crippen LogP contribution is -2.30. The van der Waals surface area contributed by atoms with Gasteiger partial charge >= 0.3 is 5.97 Å². The third kappa shape index (κ3) is 6.06. The molecule has 2 aromatic rings. The second-order valence-electron chi connectivity index (χ2n) is 8.75. The number of halogens is 1. The number of carboxylic acid groups (broad SMARTS) is 1. The van der Waals surface area contributed by atoms with Gasteiger partial charge in [0.1, 0.15) is 5.82 Å². The third-order valence-corrected chi connectivity index (χ3v) is 5.63. The molecule has 1 aliphatic rings. The summed E-state index contributed by atoms with van der Waals surface area (Å²) in [7, 11) is 1.75. The molecule has 0 aliphatic heterocycles. The topological polar surface area (TPSA) is 116 Å². The number of hydrogen-bond donors (Lipinski definition) is 3. The van der Waals surface area contributed by atoms with E-state index in [1.165, 1.54) is 18.2 Å². The Balaban J connectivity index is 2.02. The van der Waals surface area contributed by atoms with Crippen LogP contribution in [0.4, 0.5) is 4.39 Å². The average molecular weight is 460 g/mol. The van der Waals surface area contributed by atoms with Crippen LogP contribution in [0.15, 0.2) is 30.3 Å². The highest BCUT2D eigenvalue weighted by Crippen LogP contribution is 2.32. The minimum absolute atomic E-state index is 0.0832. The molecular formula is C24H30FN3O5. The third-order valence-electron chi connectivity index (χ3n) is 5.63. The Kier molecular flexibility index (Phi) is 7.65. The molecule has 8 nitrogen and oxygen atoms in total. The van der Waals surface area contributed by atoms with Gasteiger partial charge in [-0.15, -0.1) is 0 Å². The van der Waals surface area contributed by atoms with Crippen LogP contribution in [-0.4, -0.2) is 67.2 Å². The number of benzene rings is 1. The number of aromatic nitrogens is 2. The minimum atomic E-state index is -1.20. The van der Waals surface area contributed by atoms with Crippen molar-refractivity contribution in [2.45, 2.75) is 63.7 Å². The van der Waals surface area contributed by atoms with Gasteiger partial charge in [0.15, 0.2) is 5.69 Å². The van der Waals surface area contributed by atoms with E-state index in [-0.39, 0.29) is 24.3 Å². The van der Waals surface area contributed by atoms with Crippen molar-refractivity contribution in [3.63, 3.8) is 0 Å². The van der Waals surface area contributed by atoms with Crippen molar-refractivity contribution >= 4 is 18.0 Å². The maximum atomic E-state index is 13.5. The van der Waals surface area contributed by atoms with Crippen molar-refractivity contribution in [3.05, 3.63) is 53.1 Å². The summed E-state index contributed by atoms with van der Waals surface area (Å²) in [6, 6.07) is 5.90. The van der Waals surface area contributed by atoms with Crippen LogP contribution in [0, 0.1) is 5.82 Å².